The molecular formula is C13H16N4O. The molecular weight excluding hydrogens is 228 g/mol. The van der Waals surface area contributed by atoms with Crippen molar-refractivity contribution in [3.8, 4) is 11.4 Å². The Bertz CT molecular complexity index is 517. The Morgan fingerprint density at radius 2 is 2.22 bits per heavy atom. The van der Waals surface area contributed by atoms with E-state index in [-0.39, 0.29) is 5.54 Å². The van der Waals surface area contributed by atoms with Gasteiger partial charge in [0, 0.05) is 18.0 Å². The van der Waals surface area contributed by atoms with Crippen LogP contribution in [0.2, 0.25) is 0 Å². The Balaban J connectivity index is 1.94. The highest BCUT2D eigenvalue weighted by Gasteiger charge is 2.38. The molecule has 1 atom stereocenters. The summed E-state index contributed by atoms with van der Waals surface area (Å²) in [6.07, 6.45) is 6.64. The summed E-state index contributed by atoms with van der Waals surface area (Å²) in [6, 6.07) is 3.77. The SMILES string of the molecule is CCC1(c2nc(-c3ccncc3)no2)CCCN1. The Hall–Kier alpha value is -1.75. The number of pyridine rings is 1. The Labute approximate surface area is 106 Å². The Morgan fingerprint density at radius 3 is 2.89 bits per heavy atom. The summed E-state index contributed by atoms with van der Waals surface area (Å²) in [4.78, 5) is 8.52. The summed E-state index contributed by atoms with van der Waals surface area (Å²) in [5.74, 6) is 1.34. The Morgan fingerprint density at radius 1 is 1.39 bits per heavy atom. The molecule has 0 amide bonds. The van der Waals surface area contributed by atoms with E-state index in [1.165, 1.54) is 0 Å². The van der Waals surface area contributed by atoms with Gasteiger partial charge in [0.2, 0.25) is 11.7 Å². The van der Waals surface area contributed by atoms with Crippen LogP contribution in [-0.4, -0.2) is 21.7 Å². The van der Waals surface area contributed by atoms with Gasteiger partial charge in [-0.1, -0.05) is 12.1 Å². The predicted octanol–water partition coefficient (Wildman–Crippen LogP) is 2.12. The standard InChI is InChI=1S/C13H16N4O/c1-2-13(6-3-7-15-13)12-16-11(17-18-12)10-4-8-14-9-5-10/h4-5,8-9,15H,2-3,6-7H2,1H3. The lowest BCUT2D eigenvalue weighted by atomic mass is 9.94. The number of aromatic nitrogens is 3. The zero-order chi connectivity index (χ0) is 12.4. The molecule has 1 saturated heterocycles. The smallest absolute Gasteiger partial charge is 0.247 e. The van der Waals surface area contributed by atoms with Gasteiger partial charge in [-0.05, 0) is 37.9 Å². The van der Waals surface area contributed by atoms with Crippen molar-refractivity contribution in [1.29, 1.82) is 0 Å². The first-order valence-electron chi connectivity index (χ1n) is 6.34. The predicted molar refractivity (Wildman–Crippen MR) is 66.7 cm³/mol. The number of nitrogens with one attached hydrogen (secondary N) is 1. The maximum Gasteiger partial charge on any atom is 0.247 e. The molecule has 3 rings (SSSR count). The van der Waals surface area contributed by atoms with Crippen molar-refractivity contribution < 1.29 is 4.52 Å². The maximum atomic E-state index is 5.45. The zero-order valence-electron chi connectivity index (χ0n) is 10.4. The van der Waals surface area contributed by atoms with E-state index in [4.69, 9.17) is 4.52 Å². The van der Waals surface area contributed by atoms with E-state index >= 15 is 0 Å². The van der Waals surface area contributed by atoms with Crippen molar-refractivity contribution in [2.75, 3.05) is 6.54 Å². The normalized spacial score (nSPS) is 23.4. The van der Waals surface area contributed by atoms with Crippen LogP contribution in [0.5, 0.6) is 0 Å². The lowest BCUT2D eigenvalue weighted by Gasteiger charge is -2.22. The van der Waals surface area contributed by atoms with Crippen molar-refractivity contribution >= 4 is 0 Å². The molecule has 1 aliphatic heterocycles. The zero-order valence-corrected chi connectivity index (χ0v) is 10.4. The van der Waals surface area contributed by atoms with Crippen molar-refractivity contribution in [2.24, 2.45) is 0 Å². The van der Waals surface area contributed by atoms with Crippen LogP contribution in [0.3, 0.4) is 0 Å². The van der Waals surface area contributed by atoms with Gasteiger partial charge < -0.3 is 9.84 Å². The minimum Gasteiger partial charge on any atom is -0.337 e. The third-order valence-electron chi connectivity index (χ3n) is 3.62. The van der Waals surface area contributed by atoms with Crippen LogP contribution in [0.1, 0.15) is 32.1 Å². The molecule has 2 aromatic rings. The highest BCUT2D eigenvalue weighted by atomic mass is 16.5. The third-order valence-corrected chi connectivity index (χ3v) is 3.62. The lowest BCUT2D eigenvalue weighted by Crippen LogP contribution is -2.36. The molecule has 1 aliphatic rings. The summed E-state index contributed by atoms with van der Waals surface area (Å²) >= 11 is 0. The largest absolute Gasteiger partial charge is 0.337 e. The van der Waals surface area contributed by atoms with E-state index in [2.05, 4.69) is 27.4 Å². The molecule has 5 heteroatoms. The molecule has 0 radical (unpaired) electrons. The summed E-state index contributed by atoms with van der Waals surface area (Å²) in [6.45, 7) is 3.16. The molecule has 18 heavy (non-hydrogen) atoms. The molecule has 0 bridgehead atoms. The molecule has 3 heterocycles. The van der Waals surface area contributed by atoms with Crippen molar-refractivity contribution in [3.05, 3.63) is 30.4 Å². The molecule has 2 aromatic heterocycles. The van der Waals surface area contributed by atoms with Crippen LogP contribution < -0.4 is 5.32 Å². The first kappa shape index (κ1) is 11.3. The minimum absolute atomic E-state index is 0.127. The molecule has 0 saturated carbocycles. The summed E-state index contributed by atoms with van der Waals surface area (Å²) in [7, 11) is 0. The van der Waals surface area contributed by atoms with Crippen LogP contribution >= 0.6 is 0 Å². The second-order valence-electron chi connectivity index (χ2n) is 4.63. The van der Waals surface area contributed by atoms with Crippen molar-refractivity contribution in [3.63, 3.8) is 0 Å². The second-order valence-corrected chi connectivity index (χ2v) is 4.63. The van der Waals surface area contributed by atoms with Gasteiger partial charge in [0.1, 0.15) is 0 Å². The minimum atomic E-state index is -0.127. The molecule has 0 aromatic carbocycles. The first-order valence-corrected chi connectivity index (χ1v) is 6.34. The maximum absolute atomic E-state index is 5.45. The van der Waals surface area contributed by atoms with Crippen LogP contribution in [0.15, 0.2) is 29.0 Å². The molecule has 1 fully saturated rings. The van der Waals surface area contributed by atoms with Gasteiger partial charge in [0.05, 0.1) is 5.54 Å². The number of rotatable bonds is 3. The van der Waals surface area contributed by atoms with E-state index < -0.39 is 0 Å². The van der Waals surface area contributed by atoms with Crippen molar-refractivity contribution in [1.82, 2.24) is 20.4 Å². The highest BCUT2D eigenvalue weighted by molar-refractivity contribution is 5.52. The molecule has 1 unspecified atom stereocenters. The first-order chi connectivity index (χ1) is 8.84. The van der Waals surface area contributed by atoms with Crippen LogP contribution in [0.4, 0.5) is 0 Å². The van der Waals surface area contributed by atoms with Gasteiger partial charge >= 0.3 is 0 Å². The molecule has 0 aliphatic carbocycles. The molecule has 0 spiro atoms. The second kappa shape index (κ2) is 4.49. The van der Waals surface area contributed by atoms with Gasteiger partial charge in [-0.2, -0.15) is 4.98 Å². The van der Waals surface area contributed by atoms with Gasteiger partial charge in [-0.3, -0.25) is 4.98 Å². The third kappa shape index (κ3) is 1.80. The lowest BCUT2D eigenvalue weighted by molar-refractivity contribution is 0.250. The van der Waals surface area contributed by atoms with E-state index in [1.807, 2.05) is 12.1 Å². The molecule has 94 valence electrons. The van der Waals surface area contributed by atoms with Gasteiger partial charge in [0.25, 0.3) is 0 Å². The Kier molecular flexibility index (Phi) is 2.83. The topological polar surface area (TPSA) is 63.8 Å². The van der Waals surface area contributed by atoms with Gasteiger partial charge in [0.15, 0.2) is 0 Å². The number of hydrogen-bond donors (Lipinski definition) is 1. The van der Waals surface area contributed by atoms with Crippen LogP contribution in [0, 0.1) is 0 Å². The molecule has 1 N–H and O–H groups in total. The van der Waals surface area contributed by atoms with E-state index in [0.29, 0.717) is 11.7 Å². The highest BCUT2D eigenvalue weighted by Crippen LogP contribution is 2.33. The fourth-order valence-electron chi connectivity index (χ4n) is 2.48. The van der Waals surface area contributed by atoms with Crippen molar-refractivity contribution in [2.45, 2.75) is 31.7 Å². The van der Waals surface area contributed by atoms with Gasteiger partial charge in [-0.25, -0.2) is 0 Å². The van der Waals surface area contributed by atoms with E-state index in [0.717, 1.165) is 31.4 Å². The van der Waals surface area contributed by atoms with E-state index in [9.17, 15) is 0 Å². The average Bonchev–Trinajstić information content (AvgIpc) is 3.09. The summed E-state index contributed by atoms with van der Waals surface area (Å²) in [5, 5.41) is 7.56. The number of nitrogens with zero attached hydrogens (tertiary/aromatic N) is 3. The monoisotopic (exact) mass is 244 g/mol. The van der Waals surface area contributed by atoms with Crippen LogP contribution in [0.25, 0.3) is 11.4 Å². The van der Waals surface area contributed by atoms with E-state index in [1.54, 1.807) is 12.4 Å². The quantitative estimate of drug-likeness (QED) is 0.896. The average molecular weight is 244 g/mol. The summed E-state index contributed by atoms with van der Waals surface area (Å²) < 4.78 is 5.45. The summed E-state index contributed by atoms with van der Waals surface area (Å²) in [5.41, 5.74) is 0.808. The fourth-order valence-corrected chi connectivity index (χ4v) is 2.48. The number of hydrogen-bond acceptors (Lipinski definition) is 5. The fraction of sp³-hybridized carbons (Fsp3) is 0.462. The van der Waals surface area contributed by atoms with Crippen LogP contribution in [-0.2, 0) is 5.54 Å². The van der Waals surface area contributed by atoms with Gasteiger partial charge in [-0.15, -0.1) is 0 Å². The molecule has 5 nitrogen and oxygen atoms in total.